The molecule has 4 N–H and O–H groups in total. The lowest BCUT2D eigenvalue weighted by Crippen LogP contribution is -2.21. The highest BCUT2D eigenvalue weighted by atomic mass is 15.3. The van der Waals surface area contributed by atoms with E-state index >= 15 is 0 Å². The third-order valence-electron chi connectivity index (χ3n) is 2.96. The van der Waals surface area contributed by atoms with Crippen LogP contribution in [0.25, 0.3) is 0 Å². The fourth-order valence-corrected chi connectivity index (χ4v) is 2.07. The van der Waals surface area contributed by atoms with Crippen LogP contribution in [0.15, 0.2) is 34.5 Å². The second kappa shape index (κ2) is 6.16. The van der Waals surface area contributed by atoms with Gasteiger partial charge in [-0.1, -0.05) is 24.3 Å². The minimum Gasteiger partial charge on any atom is -0.369 e. The van der Waals surface area contributed by atoms with Gasteiger partial charge in [-0.15, -0.1) is 5.10 Å². The number of likely N-dealkylation sites (tertiary alicyclic amines) is 1. The normalized spacial score (nSPS) is 16.2. The average Bonchev–Trinajstić information content (AvgIpc) is 2.84. The Morgan fingerprint density at radius 2 is 1.83 bits per heavy atom. The van der Waals surface area contributed by atoms with Crippen molar-refractivity contribution in [2.24, 2.45) is 21.7 Å². The van der Waals surface area contributed by atoms with Crippen molar-refractivity contribution in [2.75, 3.05) is 13.1 Å². The first-order chi connectivity index (χ1) is 8.74. The fraction of sp³-hybridized carbons (Fsp3) is 0.385. The maximum absolute atomic E-state index is 5.18. The van der Waals surface area contributed by atoms with E-state index in [9.17, 15) is 0 Å². The van der Waals surface area contributed by atoms with Gasteiger partial charge in [0, 0.05) is 6.54 Å². The Bertz CT molecular complexity index is 425. The minimum atomic E-state index is -0.0306. The number of nitrogens with two attached hydrogens (primary N) is 2. The molecule has 1 aromatic carbocycles. The smallest absolute Gasteiger partial charge is 0.211 e. The Labute approximate surface area is 107 Å². The van der Waals surface area contributed by atoms with Crippen LogP contribution in [0.2, 0.25) is 0 Å². The SMILES string of the molecule is NC(N)=NN=Cc1ccc(CN2CCCC2)cc1. The summed E-state index contributed by atoms with van der Waals surface area (Å²) in [6, 6.07) is 8.29. The van der Waals surface area contributed by atoms with E-state index in [1.54, 1.807) is 6.21 Å². The van der Waals surface area contributed by atoms with Crippen LogP contribution in [0.4, 0.5) is 0 Å². The molecule has 1 fully saturated rings. The van der Waals surface area contributed by atoms with E-state index in [1.807, 2.05) is 12.1 Å². The van der Waals surface area contributed by atoms with Gasteiger partial charge >= 0.3 is 0 Å². The molecule has 1 heterocycles. The molecule has 0 radical (unpaired) electrons. The second-order valence-electron chi connectivity index (χ2n) is 4.49. The van der Waals surface area contributed by atoms with Crippen LogP contribution in [-0.2, 0) is 6.54 Å². The minimum absolute atomic E-state index is 0.0306. The summed E-state index contributed by atoms with van der Waals surface area (Å²) >= 11 is 0. The van der Waals surface area contributed by atoms with Crippen molar-refractivity contribution in [2.45, 2.75) is 19.4 Å². The van der Waals surface area contributed by atoms with Crippen molar-refractivity contribution in [1.82, 2.24) is 4.90 Å². The summed E-state index contributed by atoms with van der Waals surface area (Å²) in [4.78, 5) is 2.47. The second-order valence-corrected chi connectivity index (χ2v) is 4.49. The molecule has 0 spiro atoms. The van der Waals surface area contributed by atoms with Crippen LogP contribution >= 0.6 is 0 Å². The van der Waals surface area contributed by atoms with Crippen LogP contribution in [0.3, 0.4) is 0 Å². The molecule has 5 heteroatoms. The van der Waals surface area contributed by atoms with Gasteiger partial charge in [0.05, 0.1) is 6.21 Å². The zero-order valence-electron chi connectivity index (χ0n) is 10.4. The van der Waals surface area contributed by atoms with Gasteiger partial charge in [0.1, 0.15) is 0 Å². The predicted octanol–water partition coefficient (Wildman–Crippen LogP) is 0.890. The number of rotatable bonds is 4. The first-order valence-corrected chi connectivity index (χ1v) is 6.17. The zero-order chi connectivity index (χ0) is 12.8. The van der Waals surface area contributed by atoms with Crippen LogP contribution in [-0.4, -0.2) is 30.2 Å². The van der Waals surface area contributed by atoms with E-state index in [4.69, 9.17) is 11.5 Å². The number of hydrogen-bond donors (Lipinski definition) is 2. The standard InChI is InChI=1S/C13H19N5/c14-13(15)17-16-9-11-3-5-12(6-4-11)10-18-7-1-2-8-18/h3-6,9H,1-2,7-8,10H2,(H4,14,15,17). The van der Waals surface area contributed by atoms with E-state index < -0.39 is 0 Å². The summed E-state index contributed by atoms with van der Waals surface area (Å²) in [7, 11) is 0. The van der Waals surface area contributed by atoms with Crippen molar-refractivity contribution < 1.29 is 0 Å². The van der Waals surface area contributed by atoms with Gasteiger partial charge in [0.15, 0.2) is 0 Å². The molecule has 0 bridgehead atoms. The number of hydrogen-bond acceptors (Lipinski definition) is 3. The summed E-state index contributed by atoms with van der Waals surface area (Å²) < 4.78 is 0. The first-order valence-electron chi connectivity index (χ1n) is 6.17. The molecule has 0 unspecified atom stereocenters. The van der Waals surface area contributed by atoms with E-state index in [-0.39, 0.29) is 5.96 Å². The lowest BCUT2D eigenvalue weighted by Gasteiger charge is -2.14. The lowest BCUT2D eigenvalue weighted by atomic mass is 10.1. The van der Waals surface area contributed by atoms with Crippen molar-refractivity contribution >= 4 is 12.2 Å². The molecule has 5 nitrogen and oxygen atoms in total. The summed E-state index contributed by atoms with van der Waals surface area (Å²) in [5.41, 5.74) is 12.7. The third-order valence-corrected chi connectivity index (χ3v) is 2.96. The van der Waals surface area contributed by atoms with Crippen molar-refractivity contribution in [3.63, 3.8) is 0 Å². The summed E-state index contributed by atoms with van der Waals surface area (Å²) in [5.74, 6) is -0.0306. The molecule has 1 saturated heterocycles. The Morgan fingerprint density at radius 3 is 2.44 bits per heavy atom. The quantitative estimate of drug-likeness (QED) is 0.469. The molecular weight excluding hydrogens is 226 g/mol. The van der Waals surface area contributed by atoms with Gasteiger partial charge < -0.3 is 11.5 Å². The molecule has 0 amide bonds. The molecule has 0 atom stereocenters. The largest absolute Gasteiger partial charge is 0.369 e. The fourth-order valence-electron chi connectivity index (χ4n) is 2.07. The summed E-state index contributed by atoms with van der Waals surface area (Å²) in [6.07, 6.45) is 4.28. The Morgan fingerprint density at radius 1 is 1.17 bits per heavy atom. The molecule has 0 aliphatic carbocycles. The lowest BCUT2D eigenvalue weighted by molar-refractivity contribution is 0.331. The molecule has 1 aliphatic heterocycles. The van der Waals surface area contributed by atoms with Crippen LogP contribution in [0, 0.1) is 0 Å². The van der Waals surface area contributed by atoms with Crippen molar-refractivity contribution in [3.8, 4) is 0 Å². The summed E-state index contributed by atoms with van der Waals surface area (Å²) in [5, 5.41) is 7.34. The molecule has 1 aliphatic rings. The number of benzene rings is 1. The van der Waals surface area contributed by atoms with Gasteiger partial charge in [0.2, 0.25) is 5.96 Å². The molecule has 0 saturated carbocycles. The van der Waals surface area contributed by atoms with Gasteiger partial charge in [-0.3, -0.25) is 4.90 Å². The average molecular weight is 245 g/mol. The van der Waals surface area contributed by atoms with Gasteiger partial charge in [-0.25, -0.2) is 0 Å². The van der Waals surface area contributed by atoms with E-state index in [2.05, 4.69) is 27.2 Å². The molecule has 96 valence electrons. The highest BCUT2D eigenvalue weighted by Crippen LogP contribution is 2.12. The molecule has 1 aromatic rings. The number of guanidine groups is 1. The molecule has 18 heavy (non-hydrogen) atoms. The highest BCUT2D eigenvalue weighted by Gasteiger charge is 2.11. The maximum Gasteiger partial charge on any atom is 0.211 e. The monoisotopic (exact) mass is 245 g/mol. The zero-order valence-corrected chi connectivity index (χ0v) is 10.4. The Hall–Kier alpha value is -1.88. The summed E-state index contributed by atoms with van der Waals surface area (Å²) in [6.45, 7) is 3.47. The van der Waals surface area contributed by atoms with Gasteiger partial charge in [-0.05, 0) is 37.1 Å². The Kier molecular flexibility index (Phi) is 4.30. The first kappa shape index (κ1) is 12.6. The van der Waals surface area contributed by atoms with E-state index in [0.717, 1.165) is 12.1 Å². The molecule has 2 rings (SSSR count). The van der Waals surface area contributed by atoms with Gasteiger partial charge in [-0.2, -0.15) is 5.10 Å². The van der Waals surface area contributed by atoms with Crippen LogP contribution in [0.5, 0.6) is 0 Å². The van der Waals surface area contributed by atoms with Crippen molar-refractivity contribution in [1.29, 1.82) is 0 Å². The van der Waals surface area contributed by atoms with Crippen LogP contribution < -0.4 is 11.5 Å². The maximum atomic E-state index is 5.18. The molecular formula is C13H19N5. The van der Waals surface area contributed by atoms with E-state index in [0.29, 0.717) is 0 Å². The topological polar surface area (TPSA) is 80.0 Å². The predicted molar refractivity (Wildman–Crippen MR) is 74.4 cm³/mol. The van der Waals surface area contributed by atoms with Crippen LogP contribution in [0.1, 0.15) is 24.0 Å². The Balaban J connectivity index is 1.92. The third kappa shape index (κ3) is 3.85. The molecule has 0 aromatic heterocycles. The van der Waals surface area contributed by atoms with Gasteiger partial charge in [0.25, 0.3) is 0 Å². The number of nitrogens with zero attached hydrogens (tertiary/aromatic N) is 3. The highest BCUT2D eigenvalue weighted by molar-refractivity contribution is 5.81. The van der Waals surface area contributed by atoms with Crippen molar-refractivity contribution in [3.05, 3.63) is 35.4 Å². The van der Waals surface area contributed by atoms with E-state index in [1.165, 1.54) is 31.5 Å².